The Morgan fingerprint density at radius 3 is 1.71 bits per heavy atom. The van der Waals surface area contributed by atoms with Crippen LogP contribution >= 0.6 is 0 Å². The predicted octanol–water partition coefficient (Wildman–Crippen LogP) is 1.57. The maximum atomic E-state index is 5.36. The minimum absolute atomic E-state index is 0.523. The molecule has 0 aliphatic carbocycles. The van der Waals surface area contributed by atoms with Gasteiger partial charge in [0, 0.05) is 0 Å². The van der Waals surface area contributed by atoms with Gasteiger partial charge in [0.15, 0.2) is 0 Å². The fourth-order valence-corrected chi connectivity index (χ4v) is 1.00. The fourth-order valence-electron chi connectivity index (χ4n) is 1.00. The van der Waals surface area contributed by atoms with Gasteiger partial charge in [-0.1, -0.05) is 0 Å². The van der Waals surface area contributed by atoms with Gasteiger partial charge in [0.1, 0.15) is 0 Å². The van der Waals surface area contributed by atoms with Crippen LogP contribution in [0.3, 0.4) is 0 Å². The fraction of sp³-hybridized carbons (Fsp3) is 1.00. The first kappa shape index (κ1) is 5.10. The third kappa shape index (κ3) is 1.16. The summed E-state index contributed by atoms with van der Waals surface area (Å²) in [6.45, 7) is 4.26. The Labute approximate surface area is 44.7 Å². The maximum Gasteiger partial charge on any atom is 0.0551 e. The van der Waals surface area contributed by atoms with Crippen molar-refractivity contribution in [2.24, 2.45) is 0 Å². The monoisotopic (exact) mass is 100 g/mol. The van der Waals surface area contributed by atoms with Crippen LogP contribution < -0.4 is 0 Å². The molecule has 0 radical (unpaired) electrons. The lowest BCUT2D eigenvalue weighted by Crippen LogP contribution is -2.01. The van der Waals surface area contributed by atoms with E-state index < -0.39 is 0 Å². The molecule has 0 bridgehead atoms. The second-order valence-corrected chi connectivity index (χ2v) is 2.33. The molecule has 1 fully saturated rings. The summed E-state index contributed by atoms with van der Waals surface area (Å²) in [4.78, 5) is 0. The van der Waals surface area contributed by atoms with Crippen molar-refractivity contribution in [1.82, 2.24) is 0 Å². The van der Waals surface area contributed by atoms with Gasteiger partial charge in [-0.2, -0.15) is 0 Å². The molecule has 0 unspecified atom stereocenters. The highest BCUT2D eigenvalue weighted by Crippen LogP contribution is 2.17. The molecule has 0 aromatic heterocycles. The first-order valence-electron chi connectivity index (χ1n) is 2.94. The van der Waals surface area contributed by atoms with Crippen molar-refractivity contribution in [2.45, 2.75) is 38.9 Å². The highest BCUT2D eigenvalue weighted by molar-refractivity contribution is 4.64. The standard InChI is InChI=1S/C6H12O/c1-5-3-4-6(2)7-5/h5-6H,3-4H2,1-2H3/t5-,6+. The minimum Gasteiger partial charge on any atom is -0.376 e. The van der Waals surface area contributed by atoms with Gasteiger partial charge in [-0.15, -0.1) is 0 Å². The van der Waals surface area contributed by atoms with Gasteiger partial charge in [0.05, 0.1) is 12.2 Å². The van der Waals surface area contributed by atoms with Crippen molar-refractivity contribution in [3.8, 4) is 0 Å². The van der Waals surface area contributed by atoms with E-state index in [1.165, 1.54) is 12.8 Å². The van der Waals surface area contributed by atoms with Gasteiger partial charge in [-0.05, 0) is 26.7 Å². The van der Waals surface area contributed by atoms with Gasteiger partial charge in [-0.3, -0.25) is 0 Å². The lowest BCUT2D eigenvalue weighted by atomic mass is 10.2. The molecule has 0 aromatic rings. The van der Waals surface area contributed by atoms with Gasteiger partial charge in [0.2, 0.25) is 0 Å². The van der Waals surface area contributed by atoms with Crippen LogP contribution in [0, 0.1) is 0 Å². The Hall–Kier alpha value is -0.0400. The lowest BCUT2D eigenvalue weighted by molar-refractivity contribution is 0.0673. The average molecular weight is 100 g/mol. The van der Waals surface area contributed by atoms with Crippen LogP contribution in [0.4, 0.5) is 0 Å². The summed E-state index contributed by atoms with van der Waals surface area (Å²) in [5.41, 5.74) is 0. The van der Waals surface area contributed by atoms with E-state index in [0.717, 1.165) is 0 Å². The van der Waals surface area contributed by atoms with Crippen LogP contribution in [-0.4, -0.2) is 12.2 Å². The van der Waals surface area contributed by atoms with Crippen molar-refractivity contribution in [1.29, 1.82) is 0 Å². The zero-order valence-electron chi connectivity index (χ0n) is 4.98. The molecule has 1 nitrogen and oxygen atoms in total. The normalized spacial score (nSPS) is 42.0. The third-order valence-electron chi connectivity index (χ3n) is 1.44. The summed E-state index contributed by atoms with van der Waals surface area (Å²) in [7, 11) is 0. The molecule has 1 heteroatoms. The molecular formula is C6H12O. The molecule has 7 heavy (non-hydrogen) atoms. The molecule has 1 heterocycles. The Bertz CT molecular complexity index is 53.2. The van der Waals surface area contributed by atoms with Crippen molar-refractivity contribution in [3.05, 3.63) is 0 Å². The second kappa shape index (κ2) is 1.83. The van der Waals surface area contributed by atoms with Gasteiger partial charge >= 0.3 is 0 Å². The van der Waals surface area contributed by atoms with E-state index in [1.54, 1.807) is 0 Å². The highest BCUT2D eigenvalue weighted by atomic mass is 16.5. The minimum atomic E-state index is 0.523. The Balaban J connectivity index is 2.26. The first-order valence-corrected chi connectivity index (χ1v) is 2.94. The maximum absolute atomic E-state index is 5.36. The summed E-state index contributed by atoms with van der Waals surface area (Å²) in [5, 5.41) is 0. The van der Waals surface area contributed by atoms with E-state index in [2.05, 4.69) is 13.8 Å². The first-order chi connectivity index (χ1) is 3.29. The molecule has 1 aliphatic rings. The van der Waals surface area contributed by atoms with E-state index >= 15 is 0 Å². The molecule has 0 N–H and O–H groups in total. The van der Waals surface area contributed by atoms with E-state index in [-0.39, 0.29) is 0 Å². The average Bonchev–Trinajstić information content (AvgIpc) is 1.87. The largest absolute Gasteiger partial charge is 0.376 e. The zero-order valence-corrected chi connectivity index (χ0v) is 4.98. The number of hydrogen-bond acceptors (Lipinski definition) is 1. The number of hydrogen-bond donors (Lipinski definition) is 0. The quantitative estimate of drug-likeness (QED) is 0.449. The van der Waals surface area contributed by atoms with Crippen LogP contribution in [0.2, 0.25) is 0 Å². The second-order valence-electron chi connectivity index (χ2n) is 2.33. The van der Waals surface area contributed by atoms with Crippen molar-refractivity contribution >= 4 is 0 Å². The SMILES string of the molecule is C[C@@H]1CC[C@H](C)O1. The summed E-state index contributed by atoms with van der Waals surface area (Å²) in [6.07, 6.45) is 3.55. The van der Waals surface area contributed by atoms with Crippen LogP contribution in [0.5, 0.6) is 0 Å². The molecule has 1 aliphatic heterocycles. The molecule has 0 saturated carbocycles. The molecular weight excluding hydrogens is 88.1 g/mol. The smallest absolute Gasteiger partial charge is 0.0551 e. The van der Waals surface area contributed by atoms with Crippen LogP contribution in [0.15, 0.2) is 0 Å². The molecule has 42 valence electrons. The molecule has 2 atom stereocenters. The van der Waals surface area contributed by atoms with Crippen LogP contribution in [0.25, 0.3) is 0 Å². The molecule has 1 rings (SSSR count). The van der Waals surface area contributed by atoms with Crippen LogP contribution in [-0.2, 0) is 4.74 Å². The van der Waals surface area contributed by atoms with E-state index in [1.807, 2.05) is 0 Å². The number of ether oxygens (including phenoxy) is 1. The molecule has 0 aromatic carbocycles. The van der Waals surface area contributed by atoms with Gasteiger partial charge < -0.3 is 4.74 Å². The Morgan fingerprint density at radius 2 is 1.57 bits per heavy atom. The van der Waals surface area contributed by atoms with E-state index in [9.17, 15) is 0 Å². The van der Waals surface area contributed by atoms with Crippen molar-refractivity contribution in [3.63, 3.8) is 0 Å². The molecule has 0 amide bonds. The third-order valence-corrected chi connectivity index (χ3v) is 1.44. The van der Waals surface area contributed by atoms with Crippen LogP contribution in [0.1, 0.15) is 26.7 Å². The van der Waals surface area contributed by atoms with Crippen molar-refractivity contribution < 1.29 is 4.74 Å². The Morgan fingerprint density at radius 1 is 1.14 bits per heavy atom. The molecule has 0 spiro atoms. The summed E-state index contributed by atoms with van der Waals surface area (Å²) >= 11 is 0. The zero-order chi connectivity index (χ0) is 5.28. The topological polar surface area (TPSA) is 9.23 Å². The summed E-state index contributed by atoms with van der Waals surface area (Å²) in [6, 6.07) is 0. The van der Waals surface area contributed by atoms with Crippen molar-refractivity contribution in [2.75, 3.05) is 0 Å². The van der Waals surface area contributed by atoms with Gasteiger partial charge in [-0.25, -0.2) is 0 Å². The van der Waals surface area contributed by atoms with E-state index in [0.29, 0.717) is 12.2 Å². The van der Waals surface area contributed by atoms with E-state index in [4.69, 9.17) is 4.74 Å². The predicted molar refractivity (Wildman–Crippen MR) is 29.2 cm³/mol. The van der Waals surface area contributed by atoms with Gasteiger partial charge in [0.25, 0.3) is 0 Å². The molecule has 1 saturated heterocycles. The summed E-state index contributed by atoms with van der Waals surface area (Å²) < 4.78 is 5.36. The summed E-state index contributed by atoms with van der Waals surface area (Å²) in [5.74, 6) is 0. The number of rotatable bonds is 0. The Kier molecular flexibility index (Phi) is 1.33. The lowest BCUT2D eigenvalue weighted by Gasteiger charge is -2.01. The highest BCUT2D eigenvalue weighted by Gasteiger charge is 2.16.